The van der Waals surface area contributed by atoms with Crippen molar-refractivity contribution in [1.29, 1.82) is 0 Å². The number of hydrogen-bond donors (Lipinski definition) is 2. The number of rotatable bonds is 14. The third kappa shape index (κ3) is 9.87. The molecule has 1 rings (SSSR count). The van der Waals surface area contributed by atoms with E-state index in [1.807, 2.05) is 0 Å². The van der Waals surface area contributed by atoms with Gasteiger partial charge in [0.1, 0.15) is 5.75 Å². The topological polar surface area (TPSA) is 83.8 Å². The highest BCUT2D eigenvalue weighted by Crippen LogP contribution is 2.15. The lowest BCUT2D eigenvalue weighted by atomic mass is 10.1. The first-order valence-corrected chi connectivity index (χ1v) is 8.77. The largest absolute Gasteiger partial charge is 0.494 e. The average Bonchev–Trinajstić information content (AvgIpc) is 2.55. The van der Waals surface area contributed by atoms with Gasteiger partial charge >= 0.3 is 11.9 Å². The molecular formula is C19H28O5. The quantitative estimate of drug-likeness (QED) is 0.479. The number of carboxylic acid groups (broad SMARTS) is 2. The number of aliphatic carboxylic acids is 1. The average molecular weight is 336 g/mol. The predicted octanol–water partition coefficient (Wildman–Crippen LogP) is 4.75. The maximum absolute atomic E-state index is 10.9. The van der Waals surface area contributed by atoms with Crippen molar-refractivity contribution in [1.82, 2.24) is 0 Å². The van der Waals surface area contributed by atoms with E-state index in [1.54, 1.807) is 24.3 Å². The van der Waals surface area contributed by atoms with Crippen molar-refractivity contribution in [2.24, 2.45) is 0 Å². The molecule has 5 nitrogen and oxygen atoms in total. The molecule has 0 bridgehead atoms. The Hall–Kier alpha value is -2.04. The Morgan fingerprint density at radius 1 is 0.833 bits per heavy atom. The molecule has 0 aliphatic heterocycles. The van der Waals surface area contributed by atoms with Gasteiger partial charge in [-0.3, -0.25) is 4.79 Å². The Balaban J connectivity index is 1.93. The molecule has 0 amide bonds. The summed E-state index contributed by atoms with van der Waals surface area (Å²) in [5, 5.41) is 17.4. The minimum atomic E-state index is -0.941. The number of carboxylic acids is 2. The van der Waals surface area contributed by atoms with Crippen molar-refractivity contribution in [3.63, 3.8) is 0 Å². The monoisotopic (exact) mass is 336 g/mol. The summed E-state index contributed by atoms with van der Waals surface area (Å²) in [6.45, 7) is 0.609. The van der Waals surface area contributed by atoms with Gasteiger partial charge in [0.15, 0.2) is 0 Å². The Morgan fingerprint density at radius 2 is 1.42 bits per heavy atom. The van der Waals surface area contributed by atoms with Crippen molar-refractivity contribution in [3.8, 4) is 5.75 Å². The van der Waals surface area contributed by atoms with Crippen LogP contribution in [0.25, 0.3) is 0 Å². The molecule has 5 heteroatoms. The van der Waals surface area contributed by atoms with E-state index in [9.17, 15) is 9.59 Å². The third-order valence-corrected chi connectivity index (χ3v) is 3.88. The van der Waals surface area contributed by atoms with Gasteiger partial charge in [-0.05, 0) is 31.0 Å². The van der Waals surface area contributed by atoms with Gasteiger partial charge in [-0.1, -0.05) is 51.0 Å². The number of carbonyl (C=O) groups is 2. The second-order valence-corrected chi connectivity index (χ2v) is 6.01. The predicted molar refractivity (Wildman–Crippen MR) is 92.7 cm³/mol. The molecule has 1 aromatic rings. The van der Waals surface area contributed by atoms with Crippen LogP contribution in [0.4, 0.5) is 0 Å². The van der Waals surface area contributed by atoms with E-state index in [2.05, 4.69) is 0 Å². The summed E-state index contributed by atoms with van der Waals surface area (Å²) in [5.41, 5.74) is 0.246. The summed E-state index contributed by atoms with van der Waals surface area (Å²) in [4.78, 5) is 21.2. The lowest BCUT2D eigenvalue weighted by Gasteiger charge is -2.07. The molecule has 0 unspecified atom stereocenters. The van der Waals surface area contributed by atoms with Crippen LogP contribution in [-0.4, -0.2) is 28.8 Å². The van der Waals surface area contributed by atoms with Gasteiger partial charge in [-0.25, -0.2) is 4.79 Å². The fourth-order valence-corrected chi connectivity index (χ4v) is 2.52. The van der Waals surface area contributed by atoms with Crippen molar-refractivity contribution in [3.05, 3.63) is 29.8 Å². The molecule has 24 heavy (non-hydrogen) atoms. The number of unbranched alkanes of at least 4 members (excludes halogenated alkanes) is 8. The van der Waals surface area contributed by atoms with E-state index in [4.69, 9.17) is 14.9 Å². The van der Waals surface area contributed by atoms with Gasteiger partial charge in [0.25, 0.3) is 0 Å². The van der Waals surface area contributed by atoms with Gasteiger partial charge in [0, 0.05) is 6.42 Å². The number of hydrogen-bond acceptors (Lipinski definition) is 3. The van der Waals surface area contributed by atoms with Gasteiger partial charge in [-0.15, -0.1) is 0 Å². The minimum Gasteiger partial charge on any atom is -0.494 e. The van der Waals surface area contributed by atoms with E-state index in [0.29, 0.717) is 12.4 Å². The molecule has 0 saturated carbocycles. The lowest BCUT2D eigenvalue weighted by molar-refractivity contribution is -0.137. The zero-order chi connectivity index (χ0) is 17.6. The van der Waals surface area contributed by atoms with E-state index in [0.717, 1.165) is 32.1 Å². The van der Waals surface area contributed by atoms with Crippen molar-refractivity contribution in [2.45, 2.75) is 64.2 Å². The molecular weight excluding hydrogens is 308 g/mol. The number of aromatic carboxylic acids is 1. The summed E-state index contributed by atoms with van der Waals surface area (Å²) in [6.07, 6.45) is 10.0. The fourth-order valence-electron chi connectivity index (χ4n) is 2.52. The van der Waals surface area contributed by atoms with Crippen LogP contribution < -0.4 is 4.74 Å². The first-order valence-electron chi connectivity index (χ1n) is 8.77. The van der Waals surface area contributed by atoms with Crippen LogP contribution in [0.1, 0.15) is 74.6 Å². The van der Waals surface area contributed by atoms with Crippen LogP contribution in [0.2, 0.25) is 0 Å². The van der Waals surface area contributed by atoms with E-state index >= 15 is 0 Å². The van der Waals surface area contributed by atoms with Gasteiger partial charge in [0.05, 0.1) is 12.2 Å². The molecule has 0 fully saturated rings. The van der Waals surface area contributed by atoms with Crippen LogP contribution in [0.3, 0.4) is 0 Å². The smallest absolute Gasteiger partial charge is 0.335 e. The maximum atomic E-state index is 10.9. The molecule has 2 N–H and O–H groups in total. The zero-order valence-electron chi connectivity index (χ0n) is 14.2. The standard InChI is InChI=1S/C19H28O5/c20-18(21)13-8-6-4-2-1-3-5-7-9-14-24-17-12-10-11-16(15-17)19(22)23/h10-12,15H,1-9,13-14H2,(H,20,21)(H,22,23). The molecule has 0 aliphatic rings. The van der Waals surface area contributed by atoms with Crippen LogP contribution in [-0.2, 0) is 4.79 Å². The van der Waals surface area contributed by atoms with Crippen molar-refractivity contribution < 1.29 is 24.5 Å². The van der Waals surface area contributed by atoms with E-state index in [-0.39, 0.29) is 12.0 Å². The second kappa shape index (κ2) is 12.4. The zero-order valence-corrected chi connectivity index (χ0v) is 14.2. The summed E-state index contributed by atoms with van der Waals surface area (Å²) >= 11 is 0. The molecule has 0 saturated heterocycles. The molecule has 1 aromatic carbocycles. The Kier molecular flexibility index (Phi) is 10.3. The minimum absolute atomic E-state index is 0.246. The number of ether oxygens (including phenoxy) is 1. The normalized spacial score (nSPS) is 10.5. The van der Waals surface area contributed by atoms with Crippen LogP contribution in [0.5, 0.6) is 5.75 Å². The summed E-state index contributed by atoms with van der Waals surface area (Å²) in [6, 6.07) is 6.57. The highest BCUT2D eigenvalue weighted by molar-refractivity contribution is 5.87. The van der Waals surface area contributed by atoms with Gasteiger partial charge in [-0.2, -0.15) is 0 Å². The van der Waals surface area contributed by atoms with E-state index in [1.165, 1.54) is 25.7 Å². The SMILES string of the molecule is O=C(O)CCCCCCCCCCCOc1cccc(C(=O)O)c1. The molecule has 0 radical (unpaired) electrons. The van der Waals surface area contributed by atoms with E-state index < -0.39 is 11.9 Å². The molecule has 0 atom stereocenters. The molecule has 134 valence electrons. The fraction of sp³-hybridized carbons (Fsp3) is 0.579. The van der Waals surface area contributed by atoms with Crippen molar-refractivity contribution >= 4 is 11.9 Å². The first-order chi connectivity index (χ1) is 11.6. The third-order valence-electron chi connectivity index (χ3n) is 3.88. The van der Waals surface area contributed by atoms with Gasteiger partial charge in [0.2, 0.25) is 0 Å². The highest BCUT2D eigenvalue weighted by Gasteiger charge is 2.03. The van der Waals surface area contributed by atoms with Gasteiger partial charge < -0.3 is 14.9 Å². The highest BCUT2D eigenvalue weighted by atomic mass is 16.5. The maximum Gasteiger partial charge on any atom is 0.335 e. The van der Waals surface area contributed by atoms with Crippen LogP contribution in [0.15, 0.2) is 24.3 Å². The van der Waals surface area contributed by atoms with Crippen LogP contribution >= 0.6 is 0 Å². The Morgan fingerprint density at radius 3 is 2.00 bits per heavy atom. The lowest BCUT2D eigenvalue weighted by Crippen LogP contribution is -2.00. The Labute approximate surface area is 143 Å². The second-order valence-electron chi connectivity index (χ2n) is 6.01. The van der Waals surface area contributed by atoms with Crippen LogP contribution in [0, 0.1) is 0 Å². The summed E-state index contributed by atoms with van der Waals surface area (Å²) in [7, 11) is 0. The summed E-state index contributed by atoms with van der Waals surface area (Å²) < 4.78 is 5.58. The molecule has 0 aliphatic carbocycles. The summed E-state index contributed by atoms with van der Waals surface area (Å²) in [5.74, 6) is -1.04. The first kappa shape index (κ1) is 20.0. The Bertz CT molecular complexity index is 498. The molecule has 0 heterocycles. The van der Waals surface area contributed by atoms with Crippen molar-refractivity contribution in [2.75, 3.05) is 6.61 Å². The molecule has 0 aromatic heterocycles. The number of benzene rings is 1. The molecule has 0 spiro atoms.